The fraction of sp³-hybridized carbons (Fsp3) is 0.571. The molecule has 1 saturated heterocycles. The molecule has 2 rings (SSSR count). The van der Waals surface area contributed by atoms with E-state index in [-0.39, 0.29) is 23.5 Å². The molecule has 1 heterocycles. The summed E-state index contributed by atoms with van der Waals surface area (Å²) < 4.78 is 29.3. The lowest BCUT2D eigenvalue weighted by Crippen LogP contribution is -2.26. The lowest BCUT2D eigenvalue weighted by Gasteiger charge is -2.16. The molecule has 0 radical (unpaired) electrons. The third-order valence-corrected chi connectivity index (χ3v) is 5.18. The first kappa shape index (κ1) is 14.3. The van der Waals surface area contributed by atoms with E-state index in [4.69, 9.17) is 4.74 Å². The Kier molecular flexibility index (Phi) is 4.47. The summed E-state index contributed by atoms with van der Waals surface area (Å²) in [7, 11) is -2.98. The Bertz CT molecular complexity index is 510. The van der Waals surface area contributed by atoms with Gasteiger partial charge in [-0.1, -0.05) is 19.1 Å². The summed E-state index contributed by atoms with van der Waals surface area (Å²) >= 11 is 0. The third-order valence-electron chi connectivity index (χ3n) is 3.27. The van der Waals surface area contributed by atoms with E-state index >= 15 is 0 Å². The van der Waals surface area contributed by atoms with Crippen molar-refractivity contribution >= 4 is 9.84 Å². The molecule has 2 atom stereocenters. The Labute approximate surface area is 115 Å². The average molecular weight is 283 g/mol. The van der Waals surface area contributed by atoms with E-state index < -0.39 is 9.84 Å². The van der Waals surface area contributed by atoms with Crippen LogP contribution >= 0.6 is 0 Å². The Morgan fingerprint density at radius 3 is 2.58 bits per heavy atom. The maximum Gasteiger partial charge on any atom is 0.152 e. The van der Waals surface area contributed by atoms with E-state index in [1.165, 1.54) is 0 Å². The van der Waals surface area contributed by atoms with Crippen LogP contribution in [0.3, 0.4) is 0 Å². The predicted molar refractivity (Wildman–Crippen MR) is 76.2 cm³/mol. The molecule has 0 spiro atoms. The zero-order valence-electron chi connectivity index (χ0n) is 11.4. The van der Waals surface area contributed by atoms with Gasteiger partial charge in [-0.15, -0.1) is 0 Å². The molecule has 0 amide bonds. The standard InChI is InChI=1S/C14H21NO3S/c1-3-18-13-6-4-12(5-7-13)14-10-19(16,17)9-11(2)8-15-14/h4-7,11,14-15H,3,8-10H2,1-2H3. The van der Waals surface area contributed by atoms with Gasteiger partial charge in [0.05, 0.1) is 18.1 Å². The number of sulfone groups is 1. The molecule has 1 fully saturated rings. The Hall–Kier alpha value is -1.07. The minimum atomic E-state index is -2.98. The van der Waals surface area contributed by atoms with E-state index in [1.807, 2.05) is 38.1 Å². The average Bonchev–Trinajstić information content (AvgIpc) is 2.48. The molecule has 1 aliphatic heterocycles. The molecular weight excluding hydrogens is 262 g/mol. The molecule has 4 nitrogen and oxygen atoms in total. The van der Waals surface area contributed by atoms with Gasteiger partial charge in [-0.2, -0.15) is 0 Å². The van der Waals surface area contributed by atoms with Crippen molar-refractivity contribution in [3.63, 3.8) is 0 Å². The van der Waals surface area contributed by atoms with Crippen molar-refractivity contribution < 1.29 is 13.2 Å². The quantitative estimate of drug-likeness (QED) is 0.918. The van der Waals surface area contributed by atoms with Crippen LogP contribution in [0.1, 0.15) is 25.5 Å². The van der Waals surface area contributed by atoms with E-state index in [0.717, 1.165) is 17.9 Å². The highest BCUT2D eigenvalue weighted by atomic mass is 32.2. The van der Waals surface area contributed by atoms with E-state index in [2.05, 4.69) is 5.32 Å². The van der Waals surface area contributed by atoms with Crippen molar-refractivity contribution in [1.82, 2.24) is 5.32 Å². The lowest BCUT2D eigenvalue weighted by molar-refractivity contribution is 0.340. The van der Waals surface area contributed by atoms with Crippen molar-refractivity contribution in [3.05, 3.63) is 29.8 Å². The molecular formula is C14H21NO3S. The second kappa shape index (κ2) is 5.92. The molecule has 5 heteroatoms. The topological polar surface area (TPSA) is 55.4 Å². The SMILES string of the molecule is CCOc1ccc(C2CS(=O)(=O)CC(C)CN2)cc1. The van der Waals surface area contributed by atoms with Crippen molar-refractivity contribution in [3.8, 4) is 5.75 Å². The highest BCUT2D eigenvalue weighted by Crippen LogP contribution is 2.22. The third kappa shape index (κ3) is 3.94. The molecule has 19 heavy (non-hydrogen) atoms. The zero-order valence-corrected chi connectivity index (χ0v) is 12.2. The molecule has 0 aliphatic carbocycles. The van der Waals surface area contributed by atoms with Crippen LogP contribution in [0.25, 0.3) is 0 Å². The van der Waals surface area contributed by atoms with Crippen LogP contribution in [0.5, 0.6) is 5.75 Å². The second-order valence-electron chi connectivity index (χ2n) is 5.14. The van der Waals surface area contributed by atoms with Gasteiger partial charge in [-0.3, -0.25) is 0 Å². The smallest absolute Gasteiger partial charge is 0.152 e. The number of hydrogen-bond donors (Lipinski definition) is 1. The molecule has 0 saturated carbocycles. The summed E-state index contributed by atoms with van der Waals surface area (Å²) in [6.45, 7) is 5.27. The molecule has 1 aromatic carbocycles. The summed E-state index contributed by atoms with van der Waals surface area (Å²) in [5.41, 5.74) is 1.00. The predicted octanol–water partition coefficient (Wildman–Crippen LogP) is 1.78. The first-order valence-electron chi connectivity index (χ1n) is 6.66. The van der Waals surface area contributed by atoms with Gasteiger partial charge in [-0.05, 0) is 37.1 Å². The van der Waals surface area contributed by atoms with Crippen LogP contribution in [-0.4, -0.2) is 33.1 Å². The highest BCUT2D eigenvalue weighted by Gasteiger charge is 2.26. The van der Waals surface area contributed by atoms with Crippen molar-refractivity contribution in [2.45, 2.75) is 19.9 Å². The summed E-state index contributed by atoms with van der Waals surface area (Å²) in [6.07, 6.45) is 0. The molecule has 0 aromatic heterocycles. The van der Waals surface area contributed by atoms with E-state index in [0.29, 0.717) is 6.61 Å². The Morgan fingerprint density at radius 2 is 1.95 bits per heavy atom. The summed E-state index contributed by atoms with van der Waals surface area (Å²) in [6, 6.07) is 7.54. The largest absolute Gasteiger partial charge is 0.494 e. The fourth-order valence-electron chi connectivity index (χ4n) is 2.39. The molecule has 1 aromatic rings. The number of nitrogens with one attached hydrogen (secondary N) is 1. The van der Waals surface area contributed by atoms with Gasteiger partial charge in [0.1, 0.15) is 5.75 Å². The minimum Gasteiger partial charge on any atom is -0.494 e. The van der Waals surface area contributed by atoms with E-state index in [1.54, 1.807) is 0 Å². The number of benzene rings is 1. The lowest BCUT2D eigenvalue weighted by atomic mass is 10.1. The highest BCUT2D eigenvalue weighted by molar-refractivity contribution is 7.91. The first-order chi connectivity index (χ1) is 9.00. The fourth-order valence-corrected chi connectivity index (χ4v) is 4.33. The van der Waals surface area contributed by atoms with Crippen LogP contribution in [0, 0.1) is 5.92 Å². The van der Waals surface area contributed by atoms with Crippen LogP contribution in [0.2, 0.25) is 0 Å². The molecule has 0 bridgehead atoms. The van der Waals surface area contributed by atoms with Gasteiger partial charge in [0.15, 0.2) is 9.84 Å². The molecule has 106 valence electrons. The molecule has 2 unspecified atom stereocenters. The summed E-state index contributed by atoms with van der Waals surface area (Å²) in [4.78, 5) is 0. The van der Waals surface area contributed by atoms with Crippen LogP contribution < -0.4 is 10.1 Å². The minimum absolute atomic E-state index is 0.120. The van der Waals surface area contributed by atoms with Crippen LogP contribution in [0.4, 0.5) is 0 Å². The van der Waals surface area contributed by atoms with Crippen LogP contribution in [0.15, 0.2) is 24.3 Å². The number of ether oxygens (including phenoxy) is 1. The normalized spacial score (nSPS) is 26.6. The van der Waals surface area contributed by atoms with Crippen molar-refractivity contribution in [2.24, 2.45) is 5.92 Å². The molecule has 1 aliphatic rings. The zero-order chi connectivity index (χ0) is 13.9. The van der Waals surface area contributed by atoms with Crippen LogP contribution in [-0.2, 0) is 9.84 Å². The van der Waals surface area contributed by atoms with Gasteiger partial charge in [0, 0.05) is 6.04 Å². The second-order valence-corrected chi connectivity index (χ2v) is 7.30. The first-order valence-corrected chi connectivity index (χ1v) is 8.49. The maximum atomic E-state index is 12.0. The monoisotopic (exact) mass is 283 g/mol. The Morgan fingerprint density at radius 1 is 1.26 bits per heavy atom. The Balaban J connectivity index is 2.16. The van der Waals surface area contributed by atoms with Gasteiger partial charge < -0.3 is 10.1 Å². The van der Waals surface area contributed by atoms with Gasteiger partial charge >= 0.3 is 0 Å². The van der Waals surface area contributed by atoms with E-state index in [9.17, 15) is 8.42 Å². The molecule has 1 N–H and O–H groups in total. The van der Waals surface area contributed by atoms with Crippen molar-refractivity contribution in [2.75, 3.05) is 24.7 Å². The summed E-state index contributed by atoms with van der Waals surface area (Å²) in [5, 5.41) is 3.33. The van der Waals surface area contributed by atoms with Gasteiger partial charge in [0.25, 0.3) is 0 Å². The number of hydrogen-bond acceptors (Lipinski definition) is 4. The van der Waals surface area contributed by atoms with Crippen molar-refractivity contribution in [1.29, 1.82) is 0 Å². The van der Waals surface area contributed by atoms with Gasteiger partial charge in [0.2, 0.25) is 0 Å². The van der Waals surface area contributed by atoms with Gasteiger partial charge in [-0.25, -0.2) is 8.42 Å². The summed E-state index contributed by atoms with van der Waals surface area (Å²) in [5.74, 6) is 1.42. The number of rotatable bonds is 3. The maximum absolute atomic E-state index is 12.0.